The lowest BCUT2D eigenvalue weighted by Crippen LogP contribution is -2.55. The van der Waals surface area contributed by atoms with Crippen molar-refractivity contribution < 1.29 is 14.3 Å². The molecule has 1 saturated carbocycles. The molecular formula is C22H37N3O3. The monoisotopic (exact) mass is 391 g/mol. The molecule has 0 aromatic rings. The highest BCUT2D eigenvalue weighted by molar-refractivity contribution is 5.77. The van der Waals surface area contributed by atoms with Crippen LogP contribution < -0.4 is 0 Å². The Morgan fingerprint density at radius 2 is 1.82 bits per heavy atom. The third-order valence-corrected chi connectivity index (χ3v) is 7.78. The zero-order valence-electron chi connectivity index (χ0n) is 17.7. The van der Waals surface area contributed by atoms with E-state index in [0.29, 0.717) is 36.4 Å². The Morgan fingerprint density at radius 1 is 1.07 bits per heavy atom. The van der Waals surface area contributed by atoms with Gasteiger partial charge in [0.1, 0.15) is 5.78 Å². The molecule has 4 rings (SSSR count). The van der Waals surface area contributed by atoms with Gasteiger partial charge in [0.05, 0.1) is 13.2 Å². The number of hydrogen-bond donors (Lipinski definition) is 0. The molecule has 1 aliphatic carbocycles. The fraction of sp³-hybridized carbons (Fsp3) is 0.909. The number of likely N-dealkylation sites (tertiary alicyclic amines) is 3. The summed E-state index contributed by atoms with van der Waals surface area (Å²) in [5, 5.41) is 0. The first-order valence-electron chi connectivity index (χ1n) is 11.4. The topological polar surface area (TPSA) is 53.1 Å². The number of carbonyl (C=O) groups excluding carboxylic acids is 2. The molecule has 0 N–H and O–H groups in total. The van der Waals surface area contributed by atoms with Gasteiger partial charge in [-0.05, 0) is 89.8 Å². The van der Waals surface area contributed by atoms with Crippen LogP contribution in [0.15, 0.2) is 0 Å². The Kier molecular flexibility index (Phi) is 5.98. The van der Waals surface area contributed by atoms with Crippen LogP contribution in [0, 0.1) is 11.3 Å². The van der Waals surface area contributed by atoms with Gasteiger partial charge in [-0.2, -0.15) is 0 Å². The molecule has 0 aromatic carbocycles. The van der Waals surface area contributed by atoms with Crippen molar-refractivity contribution in [1.29, 1.82) is 0 Å². The van der Waals surface area contributed by atoms with Gasteiger partial charge < -0.3 is 14.5 Å². The number of piperidine rings is 1. The van der Waals surface area contributed by atoms with E-state index in [-0.39, 0.29) is 6.09 Å². The number of hydrogen-bond acceptors (Lipinski definition) is 5. The molecule has 158 valence electrons. The SMILES string of the molecule is CCOC(=O)N1CCC2(CC(N3CCC([C@@H]4CCCN4CC(C)=O)CC3)C2)C1. The minimum Gasteiger partial charge on any atom is -0.450 e. The summed E-state index contributed by atoms with van der Waals surface area (Å²) in [6.45, 7) is 9.97. The lowest BCUT2D eigenvalue weighted by Gasteiger charge is -2.52. The largest absolute Gasteiger partial charge is 0.450 e. The van der Waals surface area contributed by atoms with Crippen LogP contribution in [0.1, 0.15) is 58.8 Å². The van der Waals surface area contributed by atoms with E-state index in [9.17, 15) is 9.59 Å². The van der Waals surface area contributed by atoms with Gasteiger partial charge in [-0.15, -0.1) is 0 Å². The molecule has 0 aromatic heterocycles. The predicted octanol–water partition coefficient (Wildman–Crippen LogP) is 2.76. The fourth-order valence-corrected chi connectivity index (χ4v) is 6.37. The molecule has 28 heavy (non-hydrogen) atoms. The summed E-state index contributed by atoms with van der Waals surface area (Å²) in [5.41, 5.74) is 0.359. The summed E-state index contributed by atoms with van der Waals surface area (Å²) in [4.78, 5) is 30.6. The van der Waals surface area contributed by atoms with Crippen LogP contribution in [0.25, 0.3) is 0 Å². The first-order valence-corrected chi connectivity index (χ1v) is 11.4. The van der Waals surface area contributed by atoms with E-state index >= 15 is 0 Å². The lowest BCUT2D eigenvalue weighted by molar-refractivity contribution is -0.118. The van der Waals surface area contributed by atoms with Gasteiger partial charge in [0, 0.05) is 25.2 Å². The average molecular weight is 392 g/mol. The van der Waals surface area contributed by atoms with E-state index in [4.69, 9.17) is 4.74 Å². The number of ketones is 1. The van der Waals surface area contributed by atoms with Crippen LogP contribution in [0.5, 0.6) is 0 Å². The number of rotatable bonds is 5. The molecule has 4 fully saturated rings. The molecule has 1 spiro atoms. The van der Waals surface area contributed by atoms with E-state index < -0.39 is 0 Å². The summed E-state index contributed by atoms with van der Waals surface area (Å²) < 4.78 is 5.18. The fourth-order valence-electron chi connectivity index (χ4n) is 6.37. The third-order valence-electron chi connectivity index (χ3n) is 7.78. The second kappa shape index (κ2) is 8.31. The van der Waals surface area contributed by atoms with Crippen LogP contribution in [-0.2, 0) is 9.53 Å². The van der Waals surface area contributed by atoms with Gasteiger partial charge in [-0.3, -0.25) is 9.69 Å². The van der Waals surface area contributed by atoms with Gasteiger partial charge >= 0.3 is 6.09 Å². The molecule has 1 atom stereocenters. The van der Waals surface area contributed by atoms with E-state index in [1.165, 1.54) is 51.6 Å². The summed E-state index contributed by atoms with van der Waals surface area (Å²) in [6.07, 6.45) is 8.57. The van der Waals surface area contributed by atoms with E-state index in [2.05, 4.69) is 9.80 Å². The van der Waals surface area contributed by atoms with Crippen molar-refractivity contribution in [3.8, 4) is 0 Å². The highest BCUT2D eigenvalue weighted by Gasteiger charge is 2.51. The van der Waals surface area contributed by atoms with Crippen molar-refractivity contribution in [3.05, 3.63) is 0 Å². The maximum atomic E-state index is 12.0. The van der Waals surface area contributed by atoms with Crippen molar-refractivity contribution in [2.45, 2.75) is 70.9 Å². The predicted molar refractivity (Wildman–Crippen MR) is 108 cm³/mol. The van der Waals surface area contributed by atoms with Gasteiger partial charge in [0.15, 0.2) is 0 Å². The highest BCUT2D eigenvalue weighted by atomic mass is 16.6. The Balaban J connectivity index is 1.22. The molecule has 6 heteroatoms. The third kappa shape index (κ3) is 4.09. The van der Waals surface area contributed by atoms with E-state index in [1.807, 2.05) is 11.8 Å². The minimum absolute atomic E-state index is 0.129. The summed E-state index contributed by atoms with van der Waals surface area (Å²) in [6, 6.07) is 1.34. The number of Topliss-reactive ketones (excluding diaryl/α,β-unsaturated/α-hetero) is 1. The van der Waals surface area contributed by atoms with Crippen molar-refractivity contribution >= 4 is 11.9 Å². The van der Waals surface area contributed by atoms with Crippen LogP contribution in [-0.4, -0.2) is 84.5 Å². The van der Waals surface area contributed by atoms with Crippen LogP contribution in [0.2, 0.25) is 0 Å². The summed E-state index contributed by atoms with van der Waals surface area (Å²) in [5.74, 6) is 1.07. The molecule has 0 radical (unpaired) electrons. The number of nitrogens with zero attached hydrogens (tertiary/aromatic N) is 3. The van der Waals surface area contributed by atoms with Gasteiger partial charge in [0.2, 0.25) is 0 Å². The van der Waals surface area contributed by atoms with Crippen molar-refractivity contribution in [1.82, 2.24) is 14.7 Å². The second-order valence-electron chi connectivity index (χ2n) is 9.69. The smallest absolute Gasteiger partial charge is 0.409 e. The molecule has 6 nitrogen and oxygen atoms in total. The lowest BCUT2D eigenvalue weighted by atomic mass is 9.64. The number of amides is 1. The zero-order chi connectivity index (χ0) is 19.7. The van der Waals surface area contributed by atoms with Crippen molar-refractivity contribution in [3.63, 3.8) is 0 Å². The molecule has 1 amide bonds. The molecule has 3 aliphatic heterocycles. The summed E-state index contributed by atoms with van der Waals surface area (Å²) in [7, 11) is 0. The van der Waals surface area contributed by atoms with Crippen molar-refractivity contribution in [2.75, 3.05) is 45.9 Å². The summed E-state index contributed by atoms with van der Waals surface area (Å²) >= 11 is 0. The van der Waals surface area contributed by atoms with E-state index in [1.54, 1.807) is 6.92 Å². The van der Waals surface area contributed by atoms with Gasteiger partial charge in [0.25, 0.3) is 0 Å². The molecular weight excluding hydrogens is 354 g/mol. The molecule has 0 bridgehead atoms. The molecule has 3 saturated heterocycles. The van der Waals surface area contributed by atoms with Crippen molar-refractivity contribution in [2.24, 2.45) is 11.3 Å². The number of ether oxygens (including phenoxy) is 1. The standard InChI is InChI=1S/C22H37N3O3/c1-3-28-21(27)25-12-8-22(16-25)13-19(14-22)23-10-6-18(7-11-23)20-5-4-9-24(20)15-17(2)26/h18-20H,3-16H2,1-2H3/t19?,20-,22?/m0/s1. The van der Waals surface area contributed by atoms with Gasteiger partial charge in [-0.25, -0.2) is 4.79 Å². The average Bonchev–Trinajstić information content (AvgIpc) is 3.28. The Labute approximate surface area is 169 Å². The Hall–Kier alpha value is -1.14. The minimum atomic E-state index is -0.129. The maximum absolute atomic E-state index is 12.0. The Morgan fingerprint density at radius 3 is 2.50 bits per heavy atom. The second-order valence-corrected chi connectivity index (χ2v) is 9.69. The molecule has 3 heterocycles. The van der Waals surface area contributed by atoms with Crippen LogP contribution in [0.4, 0.5) is 4.79 Å². The quantitative estimate of drug-likeness (QED) is 0.721. The highest BCUT2D eigenvalue weighted by Crippen LogP contribution is 2.51. The normalized spacial score (nSPS) is 34.7. The van der Waals surface area contributed by atoms with Gasteiger partial charge in [-0.1, -0.05) is 0 Å². The van der Waals surface area contributed by atoms with E-state index in [0.717, 1.165) is 32.0 Å². The first-order chi connectivity index (χ1) is 13.5. The molecule has 0 unspecified atom stereocenters. The van der Waals surface area contributed by atoms with Crippen LogP contribution >= 0.6 is 0 Å². The maximum Gasteiger partial charge on any atom is 0.409 e. The zero-order valence-corrected chi connectivity index (χ0v) is 17.7. The first kappa shape index (κ1) is 20.1. The van der Waals surface area contributed by atoms with Crippen LogP contribution in [0.3, 0.4) is 0 Å². The number of carbonyl (C=O) groups is 2. The Bertz CT molecular complexity index is 582. The molecule has 4 aliphatic rings.